The van der Waals surface area contributed by atoms with Crippen molar-refractivity contribution in [1.29, 1.82) is 5.26 Å². The topological polar surface area (TPSA) is 151 Å². The number of nitriles is 1. The van der Waals surface area contributed by atoms with Gasteiger partial charge in [0.15, 0.2) is 14.9 Å². The molecule has 3 fully saturated rings. The zero-order valence-corrected chi connectivity index (χ0v) is 27.7. The number of aromatic nitrogens is 4. The Labute approximate surface area is 276 Å². The number of nitrogens with two attached hydrogens (primary N) is 1. The van der Waals surface area contributed by atoms with E-state index in [4.69, 9.17) is 27.0 Å². The molecule has 0 bridgehead atoms. The molecule has 0 amide bonds. The molecule has 3 saturated heterocycles. The quantitative estimate of drug-likeness (QED) is 0.383. The van der Waals surface area contributed by atoms with E-state index in [2.05, 4.69) is 25.8 Å². The molecule has 0 aromatic carbocycles. The Balaban J connectivity index is 1.16. The van der Waals surface area contributed by atoms with Gasteiger partial charge >= 0.3 is 6.01 Å². The van der Waals surface area contributed by atoms with Crippen molar-refractivity contribution < 1.29 is 17.5 Å². The lowest BCUT2D eigenvalue weighted by Gasteiger charge is -2.50. The third-order valence-electron chi connectivity index (χ3n) is 10.6. The Morgan fingerprint density at radius 1 is 1.21 bits per heavy atom. The van der Waals surface area contributed by atoms with Crippen molar-refractivity contribution in [3.05, 3.63) is 39.2 Å². The van der Waals surface area contributed by atoms with E-state index in [1.165, 1.54) is 11.3 Å². The number of thiophene rings is 1. The summed E-state index contributed by atoms with van der Waals surface area (Å²) in [5.41, 5.74) is 8.19. The van der Waals surface area contributed by atoms with Crippen LogP contribution in [0.1, 0.15) is 53.8 Å². The standard InChI is InChI=1S/C31H35FN10O3S2/c1-35-25-27(39-8-4-10-42-20(15-39)11-23(38-42)47(2,43)44)36-29(45-18-31-6-3-9-41(31)14-19(32)12-31)37-28(25)40-16-30(17-40)7-5-22-24(30)21(13-33)26(34)46-22/h11,19H,3-10,12,14-18,34H2,2H3/t19-,31+/m1/s1. The molecule has 1 aliphatic carbocycles. The molecule has 2 atom stereocenters. The smallest absolute Gasteiger partial charge is 0.317 e. The van der Waals surface area contributed by atoms with Crippen molar-refractivity contribution >= 4 is 43.5 Å². The molecule has 13 nitrogen and oxygen atoms in total. The normalized spacial score (nSPS) is 24.7. The van der Waals surface area contributed by atoms with E-state index in [1.54, 1.807) is 10.7 Å². The second-order valence-corrected chi connectivity index (χ2v) is 16.7. The highest BCUT2D eigenvalue weighted by atomic mass is 32.2. The van der Waals surface area contributed by atoms with Gasteiger partial charge in [0.05, 0.1) is 29.9 Å². The number of nitrogens with zero attached hydrogens (tertiary/aromatic N) is 9. The number of anilines is 3. The molecule has 4 aliphatic heterocycles. The van der Waals surface area contributed by atoms with Crippen molar-refractivity contribution in [2.75, 3.05) is 61.1 Å². The Kier molecular flexibility index (Phi) is 6.95. The summed E-state index contributed by atoms with van der Waals surface area (Å²) in [5.74, 6) is 0.877. The highest BCUT2D eigenvalue weighted by Gasteiger charge is 2.53. The zero-order chi connectivity index (χ0) is 32.7. The lowest BCUT2D eigenvalue weighted by Crippen LogP contribution is -2.59. The maximum atomic E-state index is 14.5. The highest BCUT2D eigenvalue weighted by Crippen LogP contribution is 2.54. The van der Waals surface area contributed by atoms with Crippen molar-refractivity contribution in [1.82, 2.24) is 24.6 Å². The van der Waals surface area contributed by atoms with E-state index in [0.717, 1.165) is 48.9 Å². The summed E-state index contributed by atoms with van der Waals surface area (Å²) < 4.78 is 47.2. The number of fused-ring (bicyclic) bond motifs is 4. The first-order valence-corrected chi connectivity index (χ1v) is 18.6. The average molecular weight is 679 g/mol. The van der Waals surface area contributed by atoms with Crippen LogP contribution in [0.3, 0.4) is 0 Å². The second-order valence-electron chi connectivity index (χ2n) is 13.6. The molecule has 2 N–H and O–H groups in total. The first-order valence-electron chi connectivity index (χ1n) is 15.9. The fraction of sp³-hybridized carbons (Fsp3) is 0.581. The van der Waals surface area contributed by atoms with Crippen molar-refractivity contribution in [2.24, 2.45) is 0 Å². The van der Waals surface area contributed by atoms with Crippen LogP contribution in [0, 0.1) is 17.9 Å². The van der Waals surface area contributed by atoms with Crippen molar-refractivity contribution in [3.63, 3.8) is 0 Å². The van der Waals surface area contributed by atoms with E-state index < -0.39 is 21.5 Å². The van der Waals surface area contributed by atoms with Crippen molar-refractivity contribution in [3.8, 4) is 12.1 Å². The molecule has 7 heterocycles. The molecule has 0 radical (unpaired) electrons. The number of alkyl halides is 1. The van der Waals surface area contributed by atoms with Crippen LogP contribution in [-0.4, -0.2) is 90.4 Å². The predicted molar refractivity (Wildman–Crippen MR) is 174 cm³/mol. The number of hydrogen-bond donors (Lipinski definition) is 1. The van der Waals surface area contributed by atoms with Gasteiger partial charge in [-0.3, -0.25) is 9.58 Å². The Morgan fingerprint density at radius 3 is 2.74 bits per heavy atom. The van der Waals surface area contributed by atoms with Gasteiger partial charge in [0.25, 0.3) is 5.69 Å². The van der Waals surface area contributed by atoms with E-state index in [1.807, 2.05) is 4.90 Å². The van der Waals surface area contributed by atoms with Crippen molar-refractivity contribution in [2.45, 2.75) is 73.8 Å². The van der Waals surface area contributed by atoms with Crippen LogP contribution in [0.25, 0.3) is 4.85 Å². The van der Waals surface area contributed by atoms with Crippen LogP contribution in [0.5, 0.6) is 6.01 Å². The Morgan fingerprint density at radius 2 is 2.00 bits per heavy atom. The maximum Gasteiger partial charge on any atom is 0.317 e. The van der Waals surface area contributed by atoms with Gasteiger partial charge in [0, 0.05) is 61.8 Å². The van der Waals surface area contributed by atoms with Crippen LogP contribution >= 0.6 is 11.3 Å². The van der Waals surface area contributed by atoms with Gasteiger partial charge in [0.2, 0.25) is 0 Å². The fourth-order valence-electron chi connectivity index (χ4n) is 8.44. The summed E-state index contributed by atoms with van der Waals surface area (Å²) in [7, 11) is -3.50. The lowest BCUT2D eigenvalue weighted by atomic mass is 9.74. The summed E-state index contributed by atoms with van der Waals surface area (Å²) in [6, 6.07) is 4.03. The lowest BCUT2D eigenvalue weighted by molar-refractivity contribution is 0.107. The number of rotatable bonds is 6. The van der Waals surface area contributed by atoms with E-state index >= 15 is 0 Å². The second kappa shape index (κ2) is 10.8. The Bertz CT molecular complexity index is 1970. The van der Waals surface area contributed by atoms with Gasteiger partial charge < -0.3 is 20.3 Å². The van der Waals surface area contributed by atoms with Gasteiger partial charge in [-0.25, -0.2) is 17.7 Å². The maximum absolute atomic E-state index is 14.5. The molecule has 246 valence electrons. The minimum Gasteiger partial charge on any atom is -0.461 e. The number of sulfone groups is 1. The first-order chi connectivity index (χ1) is 22.5. The van der Waals surface area contributed by atoms with Gasteiger partial charge in [-0.15, -0.1) is 11.3 Å². The molecule has 0 unspecified atom stereocenters. The molecule has 47 heavy (non-hydrogen) atoms. The van der Waals surface area contributed by atoms with Crippen LogP contribution in [-0.2, 0) is 34.8 Å². The summed E-state index contributed by atoms with van der Waals surface area (Å²) in [6.45, 7) is 12.3. The molecule has 3 aromatic heterocycles. The van der Waals surface area contributed by atoms with E-state index in [-0.39, 0.29) is 28.7 Å². The molecule has 8 rings (SSSR count). The minimum absolute atomic E-state index is 0.0165. The Hall–Kier alpha value is -3.99. The predicted octanol–water partition coefficient (Wildman–Crippen LogP) is 3.21. The van der Waals surface area contributed by atoms with Crippen LogP contribution in [0.4, 0.5) is 26.7 Å². The molecule has 1 spiro atoms. The summed E-state index contributed by atoms with van der Waals surface area (Å²) in [4.78, 5) is 21.0. The average Bonchev–Trinajstić information content (AvgIpc) is 3.79. The van der Waals surface area contributed by atoms with Crippen LogP contribution in [0.2, 0.25) is 0 Å². The van der Waals surface area contributed by atoms with E-state index in [9.17, 15) is 18.1 Å². The van der Waals surface area contributed by atoms with Gasteiger partial charge in [-0.2, -0.15) is 20.3 Å². The number of halogens is 1. The SMILES string of the molecule is [C-]#[N+]c1c(N2CCCn3nc(S(C)(=O)=O)cc3C2)nc(OC[C@@]23CCCN2C[C@H](F)C3)nc1N1CC2(CCc3sc(N)c(C#N)c32)C1. The minimum atomic E-state index is -3.50. The third-order valence-corrected chi connectivity index (χ3v) is 12.6. The number of ether oxygens (including phenoxy) is 1. The van der Waals surface area contributed by atoms with E-state index in [0.29, 0.717) is 80.0 Å². The monoisotopic (exact) mass is 678 g/mol. The number of aryl methyl sites for hydroxylation is 2. The van der Waals surface area contributed by atoms with Crippen LogP contribution in [0.15, 0.2) is 11.1 Å². The largest absolute Gasteiger partial charge is 0.461 e. The summed E-state index contributed by atoms with van der Waals surface area (Å²) in [6.07, 6.45) is 4.90. The first kappa shape index (κ1) is 30.4. The fourth-order valence-corrected chi connectivity index (χ4v) is 10.2. The summed E-state index contributed by atoms with van der Waals surface area (Å²) in [5, 5.41) is 14.8. The molecule has 3 aromatic rings. The zero-order valence-electron chi connectivity index (χ0n) is 26.1. The molecule has 16 heteroatoms. The van der Waals surface area contributed by atoms with Crippen LogP contribution < -0.4 is 20.3 Å². The summed E-state index contributed by atoms with van der Waals surface area (Å²) >= 11 is 1.49. The molecule has 5 aliphatic rings. The van der Waals surface area contributed by atoms with Gasteiger partial charge in [-0.05, 0) is 44.2 Å². The molecular formula is C31H35FN10O3S2. The molecular weight excluding hydrogens is 644 g/mol. The highest BCUT2D eigenvalue weighted by molar-refractivity contribution is 7.90. The number of nitrogen functional groups attached to an aromatic ring is 1. The third kappa shape index (κ3) is 4.83. The number of hydrogen-bond acceptors (Lipinski definition) is 12. The van der Waals surface area contributed by atoms with Gasteiger partial charge in [-0.1, -0.05) is 0 Å². The van der Waals surface area contributed by atoms with Gasteiger partial charge in [0.1, 0.15) is 35.5 Å². The molecule has 0 saturated carbocycles.